The minimum atomic E-state index is -0.277. The fourth-order valence-electron chi connectivity index (χ4n) is 1.36. The molecule has 0 radical (unpaired) electrons. The molecule has 1 aromatic rings. The van der Waals surface area contributed by atoms with Gasteiger partial charge in [-0.2, -0.15) is 21.0 Å². The predicted molar refractivity (Wildman–Crippen MR) is 88.8 cm³/mol. The fraction of sp³-hybridized carbons (Fsp3) is 0.0769. The van der Waals surface area contributed by atoms with Crippen molar-refractivity contribution in [2.45, 2.75) is 6.92 Å². The van der Waals surface area contributed by atoms with Gasteiger partial charge < -0.3 is 5.32 Å². The molecule has 0 saturated heterocycles. The Balaban J connectivity index is 3.47. The van der Waals surface area contributed by atoms with E-state index in [9.17, 15) is 0 Å². The maximum atomic E-state index is 9.04. The van der Waals surface area contributed by atoms with Crippen LogP contribution in [0.3, 0.4) is 0 Å². The van der Waals surface area contributed by atoms with E-state index < -0.39 is 0 Å². The summed E-state index contributed by atoms with van der Waals surface area (Å²) in [6.07, 6.45) is 0. The van der Waals surface area contributed by atoms with Crippen molar-refractivity contribution in [3.63, 3.8) is 0 Å². The summed E-state index contributed by atoms with van der Waals surface area (Å²) in [7, 11) is 0. The van der Waals surface area contributed by atoms with E-state index in [1.165, 1.54) is 0 Å². The monoisotopic (exact) mass is 485 g/mol. The number of anilines is 1. The predicted octanol–water partition coefficient (Wildman–Crippen LogP) is 3.31. The number of halogens is 2. The Morgan fingerprint density at radius 2 is 1.70 bits per heavy atom. The summed E-state index contributed by atoms with van der Waals surface area (Å²) in [6.45, 7) is 1.80. The van der Waals surface area contributed by atoms with Crippen LogP contribution in [0.5, 0.6) is 0 Å². The number of nitrogens with zero attached hydrogens (tertiary/aromatic N) is 4. The number of nitriles is 4. The Bertz CT molecular complexity index is 750. The Morgan fingerprint density at radius 1 is 1.10 bits per heavy atom. The van der Waals surface area contributed by atoms with Crippen molar-refractivity contribution in [2.24, 2.45) is 0 Å². The quantitative estimate of drug-likeness (QED) is 0.511. The van der Waals surface area contributed by atoms with E-state index >= 15 is 0 Å². The lowest BCUT2D eigenvalue weighted by atomic mass is 10.1. The summed E-state index contributed by atoms with van der Waals surface area (Å²) in [5.74, 6) is 0. The molecule has 20 heavy (non-hydrogen) atoms. The molecule has 1 N–H and O–H groups in total. The number of hydrogen-bond donors (Lipinski definition) is 1. The van der Waals surface area contributed by atoms with Crippen LogP contribution in [-0.4, -0.2) is 0 Å². The van der Waals surface area contributed by atoms with Crippen LogP contribution >= 0.6 is 45.2 Å². The largest absolute Gasteiger partial charge is 0.343 e. The maximum absolute atomic E-state index is 9.04. The zero-order valence-corrected chi connectivity index (χ0v) is 14.4. The third-order valence-electron chi connectivity index (χ3n) is 2.42. The van der Waals surface area contributed by atoms with Crippen molar-refractivity contribution >= 4 is 50.9 Å². The molecule has 7 heteroatoms. The zero-order chi connectivity index (χ0) is 15.3. The highest BCUT2D eigenvalue weighted by atomic mass is 127. The van der Waals surface area contributed by atoms with E-state index in [-0.39, 0.29) is 11.3 Å². The second-order valence-corrected chi connectivity index (χ2v) is 5.78. The molecular formula is C13H5I2N5. The minimum Gasteiger partial charge on any atom is -0.343 e. The molecule has 0 aliphatic heterocycles. The Hall–Kier alpha value is -1.82. The van der Waals surface area contributed by atoms with Crippen molar-refractivity contribution in [2.75, 3.05) is 5.32 Å². The first kappa shape index (κ1) is 16.2. The summed E-state index contributed by atoms with van der Waals surface area (Å²) in [4.78, 5) is 0. The molecule has 5 nitrogen and oxygen atoms in total. The maximum Gasteiger partial charge on any atom is 0.163 e. The van der Waals surface area contributed by atoms with Gasteiger partial charge in [-0.1, -0.05) is 0 Å². The van der Waals surface area contributed by atoms with Crippen LogP contribution in [0.25, 0.3) is 0 Å². The molecule has 0 aromatic heterocycles. The molecule has 0 aliphatic carbocycles. The van der Waals surface area contributed by atoms with Gasteiger partial charge in [0.05, 0.1) is 17.3 Å². The van der Waals surface area contributed by atoms with Gasteiger partial charge in [0.15, 0.2) is 5.57 Å². The molecule has 0 atom stereocenters. The molecule has 0 bridgehead atoms. The van der Waals surface area contributed by atoms with Crippen molar-refractivity contribution in [3.8, 4) is 24.3 Å². The molecule has 0 saturated carbocycles. The Morgan fingerprint density at radius 3 is 2.15 bits per heavy atom. The number of hydrogen-bond acceptors (Lipinski definition) is 5. The van der Waals surface area contributed by atoms with Crippen LogP contribution in [-0.2, 0) is 0 Å². The fourth-order valence-corrected chi connectivity index (χ4v) is 3.30. The number of rotatable bonds is 2. The van der Waals surface area contributed by atoms with E-state index in [2.05, 4.69) is 34.0 Å². The average Bonchev–Trinajstić information content (AvgIpc) is 2.46. The minimum absolute atomic E-state index is 0.102. The summed E-state index contributed by atoms with van der Waals surface area (Å²) in [5.41, 5.74) is 1.56. The lowest BCUT2D eigenvalue weighted by molar-refractivity contribution is 1.31. The number of allylic oxidation sites excluding steroid dienone is 2. The van der Waals surface area contributed by atoms with E-state index in [0.717, 1.165) is 12.7 Å². The second kappa shape index (κ2) is 7.09. The van der Waals surface area contributed by atoms with Crippen LogP contribution in [0.4, 0.5) is 5.69 Å². The van der Waals surface area contributed by atoms with Gasteiger partial charge in [0.25, 0.3) is 0 Å². The zero-order valence-electron chi connectivity index (χ0n) is 10.1. The first-order valence-corrected chi connectivity index (χ1v) is 7.26. The molecule has 0 fully saturated rings. The molecule has 0 aliphatic rings. The Kier molecular flexibility index (Phi) is 5.76. The molecule has 0 heterocycles. The number of benzene rings is 1. The van der Waals surface area contributed by atoms with Crippen molar-refractivity contribution in [1.82, 2.24) is 0 Å². The van der Waals surface area contributed by atoms with Gasteiger partial charge >= 0.3 is 0 Å². The third kappa shape index (κ3) is 3.19. The van der Waals surface area contributed by atoms with Crippen molar-refractivity contribution < 1.29 is 0 Å². The van der Waals surface area contributed by atoms with Crippen LogP contribution in [0.2, 0.25) is 0 Å². The van der Waals surface area contributed by atoms with E-state index in [4.69, 9.17) is 21.0 Å². The first-order chi connectivity index (χ1) is 9.49. The molecule has 0 unspecified atom stereocenters. The average molecular weight is 485 g/mol. The molecule has 1 rings (SSSR count). The van der Waals surface area contributed by atoms with Gasteiger partial charge in [0.2, 0.25) is 0 Å². The normalized spacial score (nSPS) is 8.55. The lowest BCUT2D eigenvalue weighted by Gasteiger charge is -2.13. The van der Waals surface area contributed by atoms with E-state index in [1.807, 2.05) is 22.6 Å². The van der Waals surface area contributed by atoms with Gasteiger partial charge in [0.1, 0.15) is 23.9 Å². The topological polar surface area (TPSA) is 107 Å². The lowest BCUT2D eigenvalue weighted by Crippen LogP contribution is -2.06. The van der Waals surface area contributed by atoms with Crippen LogP contribution in [0, 0.1) is 59.4 Å². The molecular weight excluding hydrogens is 480 g/mol. The van der Waals surface area contributed by atoms with Crippen molar-refractivity contribution in [3.05, 3.63) is 35.6 Å². The van der Waals surface area contributed by atoms with Gasteiger partial charge in [-0.25, -0.2) is 0 Å². The van der Waals surface area contributed by atoms with Crippen molar-refractivity contribution in [1.29, 1.82) is 21.0 Å². The summed E-state index contributed by atoms with van der Waals surface area (Å²) < 4.78 is 1.51. The number of nitrogens with one attached hydrogen (secondary N) is 1. The van der Waals surface area contributed by atoms with Gasteiger partial charge in [-0.3, -0.25) is 0 Å². The van der Waals surface area contributed by atoms with Crippen LogP contribution < -0.4 is 5.32 Å². The molecule has 0 amide bonds. The highest BCUT2D eigenvalue weighted by Crippen LogP contribution is 2.31. The van der Waals surface area contributed by atoms with Gasteiger partial charge in [-0.05, 0) is 63.7 Å². The molecule has 1 aromatic carbocycles. The van der Waals surface area contributed by atoms with Crippen LogP contribution in [0.15, 0.2) is 17.3 Å². The summed E-state index contributed by atoms with van der Waals surface area (Å²) in [6, 6.07) is 8.94. The smallest absolute Gasteiger partial charge is 0.163 e. The SMILES string of the molecule is Cc1c(C#N)cc(I)c(NC(C#N)=C(C#N)C#N)c1I. The molecule has 96 valence electrons. The first-order valence-electron chi connectivity index (χ1n) is 5.10. The molecule has 0 spiro atoms. The Labute approximate surface area is 143 Å². The van der Waals surface area contributed by atoms with Gasteiger partial charge in [0, 0.05) is 7.14 Å². The standard InChI is InChI=1S/C13H5I2N5/c1-7-8(3-16)2-10(14)13(12(7)15)20-11(6-19)9(4-17)5-18/h2,20H,1H3. The highest BCUT2D eigenvalue weighted by Gasteiger charge is 2.15. The summed E-state index contributed by atoms with van der Waals surface area (Å²) >= 11 is 4.09. The third-order valence-corrected chi connectivity index (χ3v) is 4.62. The van der Waals surface area contributed by atoms with Gasteiger partial charge in [-0.15, -0.1) is 0 Å². The highest BCUT2D eigenvalue weighted by molar-refractivity contribution is 14.1. The second-order valence-electron chi connectivity index (χ2n) is 3.54. The van der Waals surface area contributed by atoms with Crippen LogP contribution in [0.1, 0.15) is 11.1 Å². The van der Waals surface area contributed by atoms with E-state index in [0.29, 0.717) is 11.3 Å². The summed E-state index contributed by atoms with van der Waals surface area (Å²) in [5, 5.41) is 38.5. The van der Waals surface area contributed by atoms with E-state index in [1.54, 1.807) is 31.2 Å².